The van der Waals surface area contributed by atoms with Crippen molar-refractivity contribution in [3.8, 4) is 11.5 Å². The Balaban J connectivity index is 1.22. The predicted molar refractivity (Wildman–Crippen MR) is 179 cm³/mol. The number of pyridine rings is 2. The van der Waals surface area contributed by atoms with E-state index in [0.29, 0.717) is 44.3 Å². The van der Waals surface area contributed by atoms with Crippen LogP contribution in [0.4, 0.5) is 19.4 Å². The number of ether oxygens (including phenoxy) is 4. The fourth-order valence-electron chi connectivity index (χ4n) is 6.07. The van der Waals surface area contributed by atoms with E-state index in [1.54, 1.807) is 48.9 Å². The quantitative estimate of drug-likeness (QED) is 0.140. The Morgan fingerprint density at radius 1 is 1.08 bits per heavy atom. The van der Waals surface area contributed by atoms with Gasteiger partial charge in [0.15, 0.2) is 23.9 Å². The Morgan fingerprint density at radius 2 is 1.86 bits per heavy atom. The summed E-state index contributed by atoms with van der Waals surface area (Å²) in [6.45, 7) is -0.183. The zero-order valence-electron chi connectivity index (χ0n) is 26.3. The molecule has 4 aromatic rings. The molecule has 3 aliphatic rings. The van der Waals surface area contributed by atoms with Gasteiger partial charge in [0, 0.05) is 29.6 Å². The number of amides is 1. The molecule has 1 aromatic carbocycles. The lowest BCUT2D eigenvalue weighted by molar-refractivity contribution is -0.377. The van der Waals surface area contributed by atoms with Gasteiger partial charge in [0.1, 0.15) is 32.9 Å². The minimum absolute atomic E-state index is 0.0237. The van der Waals surface area contributed by atoms with Crippen molar-refractivity contribution in [3.05, 3.63) is 98.0 Å². The molecule has 1 amide bonds. The van der Waals surface area contributed by atoms with Gasteiger partial charge >= 0.3 is 18.7 Å². The summed E-state index contributed by atoms with van der Waals surface area (Å²) in [6, 6.07) is 12.9. The Kier molecular flexibility index (Phi) is 11.1. The van der Waals surface area contributed by atoms with Gasteiger partial charge in [-0.1, -0.05) is 35.3 Å². The molecule has 0 saturated carbocycles. The third-order valence-electron chi connectivity index (χ3n) is 8.58. The number of halogens is 4. The maximum Gasteiger partial charge on any atom is 0.416 e. The first-order valence-corrected chi connectivity index (χ1v) is 17.1. The lowest BCUT2D eigenvalue weighted by Gasteiger charge is -2.44. The number of esters is 1. The van der Waals surface area contributed by atoms with E-state index in [1.165, 1.54) is 30.2 Å². The molecular weight excluding hydrogens is 701 g/mol. The van der Waals surface area contributed by atoms with Crippen molar-refractivity contribution in [2.45, 2.75) is 44.6 Å². The van der Waals surface area contributed by atoms with Crippen molar-refractivity contribution in [2.75, 3.05) is 31.6 Å². The van der Waals surface area contributed by atoms with Crippen molar-refractivity contribution in [3.63, 3.8) is 0 Å². The molecule has 3 aromatic heterocycles. The number of thiophene rings is 1. The molecule has 10 nitrogen and oxygen atoms in total. The fraction of sp³-hybridized carbons (Fsp3) is 0.353. The van der Waals surface area contributed by atoms with Crippen molar-refractivity contribution >= 4 is 52.4 Å². The number of nitrogens with one attached hydrogen (secondary N) is 1. The highest BCUT2D eigenvalue weighted by Gasteiger charge is 2.38. The summed E-state index contributed by atoms with van der Waals surface area (Å²) < 4.78 is 47.8. The average molecular weight is 735 g/mol. The normalized spacial score (nSPS) is 18.9. The first kappa shape index (κ1) is 34.8. The van der Waals surface area contributed by atoms with Crippen LogP contribution >= 0.6 is 34.5 Å². The van der Waals surface area contributed by atoms with Crippen molar-refractivity contribution in [1.29, 1.82) is 0 Å². The summed E-state index contributed by atoms with van der Waals surface area (Å²) in [5.74, 6) is -0.0439. The molecular formula is C34H33Cl2F2N4O6S+. The van der Waals surface area contributed by atoms with Crippen LogP contribution in [0.25, 0.3) is 0 Å². The largest absolute Gasteiger partial charge is 0.493 e. The number of anilines is 1. The van der Waals surface area contributed by atoms with E-state index in [0.717, 1.165) is 37.3 Å². The number of carbonyl (C=O) groups excluding carboxylic acids is 2. The topological polar surface area (TPSA) is 105 Å². The Bertz CT molecular complexity index is 1760. The van der Waals surface area contributed by atoms with Crippen LogP contribution in [0.5, 0.6) is 11.5 Å². The van der Waals surface area contributed by atoms with Gasteiger partial charge in [0.25, 0.3) is 0 Å². The summed E-state index contributed by atoms with van der Waals surface area (Å²) >= 11 is 14.0. The number of nitrogens with zero attached hydrogens (tertiary/aromatic N) is 3. The van der Waals surface area contributed by atoms with Gasteiger partial charge in [0.2, 0.25) is 0 Å². The van der Waals surface area contributed by atoms with Crippen LogP contribution < -0.4 is 19.4 Å². The van der Waals surface area contributed by atoms with Gasteiger partial charge in [-0.2, -0.15) is 8.78 Å². The molecule has 0 unspecified atom stereocenters. The number of fused-ring (bicyclic) bond motifs is 3. The molecule has 0 aliphatic carbocycles. The van der Waals surface area contributed by atoms with Crippen molar-refractivity contribution in [1.82, 2.24) is 9.88 Å². The van der Waals surface area contributed by atoms with Crippen molar-refractivity contribution in [2.24, 2.45) is 5.92 Å². The highest BCUT2D eigenvalue weighted by molar-refractivity contribution is 7.13. The van der Waals surface area contributed by atoms with E-state index < -0.39 is 24.8 Å². The molecule has 15 heteroatoms. The number of piperidine rings is 3. The Morgan fingerprint density at radius 3 is 2.51 bits per heavy atom. The number of H-pyrrole nitrogens is 1. The van der Waals surface area contributed by atoms with Crippen LogP contribution in [0, 0.1) is 5.92 Å². The second-order valence-corrected chi connectivity index (χ2v) is 13.6. The van der Waals surface area contributed by atoms with Crippen LogP contribution in [-0.2, 0) is 22.4 Å². The molecule has 3 aliphatic heterocycles. The first-order chi connectivity index (χ1) is 23.7. The molecule has 3 saturated heterocycles. The number of carbonyl (C=O) groups is 2. The minimum atomic E-state index is -3.06. The summed E-state index contributed by atoms with van der Waals surface area (Å²) in [6.07, 6.45) is 5.11. The number of benzene rings is 1. The second-order valence-electron chi connectivity index (χ2n) is 11.6. The molecule has 2 bridgehead atoms. The summed E-state index contributed by atoms with van der Waals surface area (Å²) in [4.78, 5) is 39.2. The Hall–Kier alpha value is -4.04. The van der Waals surface area contributed by atoms with Crippen molar-refractivity contribution < 1.29 is 42.3 Å². The van der Waals surface area contributed by atoms with Gasteiger partial charge in [-0.3, -0.25) is 9.80 Å². The van der Waals surface area contributed by atoms with Crippen LogP contribution in [0.3, 0.4) is 0 Å². The summed E-state index contributed by atoms with van der Waals surface area (Å²) in [7, 11) is 1.31. The van der Waals surface area contributed by atoms with Gasteiger partial charge in [-0.05, 0) is 73.8 Å². The number of hydrogen-bond acceptors (Lipinski definition) is 9. The van der Waals surface area contributed by atoms with Crippen LogP contribution in [0.1, 0.15) is 44.6 Å². The average Bonchev–Trinajstić information content (AvgIpc) is 3.58. The summed E-state index contributed by atoms with van der Waals surface area (Å²) in [5, 5.41) is 0.632. The van der Waals surface area contributed by atoms with Gasteiger partial charge < -0.3 is 18.9 Å². The number of hydrogen-bond donors (Lipinski definition) is 0. The third-order valence-corrected chi connectivity index (χ3v) is 10.3. The molecule has 49 heavy (non-hydrogen) atoms. The molecule has 0 spiro atoms. The number of aromatic nitrogens is 2. The van der Waals surface area contributed by atoms with E-state index in [1.807, 2.05) is 0 Å². The minimum Gasteiger partial charge on any atom is -0.493 e. The number of alkyl halides is 2. The van der Waals surface area contributed by atoms with Gasteiger partial charge in [-0.25, -0.2) is 19.6 Å². The van der Waals surface area contributed by atoms with E-state index >= 15 is 0 Å². The molecule has 258 valence electrons. The maximum atomic E-state index is 13.6. The second kappa shape index (κ2) is 15.7. The number of aromatic amines is 1. The van der Waals surface area contributed by atoms with Crippen LogP contribution in [0.15, 0.2) is 67.1 Å². The maximum absolute atomic E-state index is 13.6. The molecule has 7 rings (SSSR count). The molecule has 0 radical (unpaired) electrons. The lowest BCUT2D eigenvalue weighted by atomic mass is 9.86. The van der Waals surface area contributed by atoms with E-state index in [-0.39, 0.29) is 35.4 Å². The molecule has 1 N–H and O–H groups in total. The van der Waals surface area contributed by atoms with Gasteiger partial charge in [0.05, 0.1) is 13.7 Å². The predicted octanol–water partition coefficient (Wildman–Crippen LogP) is 7.25. The van der Waals surface area contributed by atoms with Gasteiger partial charge in [-0.15, -0.1) is 11.3 Å². The highest BCUT2D eigenvalue weighted by atomic mass is 35.5. The highest BCUT2D eigenvalue weighted by Crippen LogP contribution is 2.37. The number of methoxy groups -OCH3 is 1. The lowest BCUT2D eigenvalue weighted by Crippen LogP contribution is -2.53. The van der Waals surface area contributed by atoms with E-state index in [2.05, 4.69) is 19.6 Å². The van der Waals surface area contributed by atoms with E-state index in [4.69, 9.17) is 37.4 Å². The molecule has 2 atom stereocenters. The third kappa shape index (κ3) is 8.41. The standard InChI is InChI=1S/C34H32Cl2F2N4O6S/c1-45-28-14-21(5-7-26(28)47-33(37)38)27(15-23-24(35)16-39-17-25(23)36)46-32(43)30-8-6-22(49-30)18-42(31-4-2-3-11-40-31)34(44)48-29-19-41-12-9-20(29)10-13-41/h2-8,11,14,16-17,20,27,29,33H,9-10,12-13,15,18-19H2,1H3/p+1/t27-,29-/m0/s1. The SMILES string of the molecule is COc1cc([C@H](Cc2c(Cl)c[nH+]cc2Cl)OC(=O)c2ccc(CN(C(=O)O[C@H]3CN4CCC3CC4)c3ccccn3)s2)ccc1OC(F)F. The molecule has 3 fully saturated rings. The smallest absolute Gasteiger partial charge is 0.416 e. The zero-order valence-corrected chi connectivity index (χ0v) is 28.6. The molecule has 6 heterocycles. The fourth-order valence-corrected chi connectivity index (χ4v) is 7.48. The first-order valence-electron chi connectivity index (χ1n) is 15.6. The summed E-state index contributed by atoms with van der Waals surface area (Å²) in [5.41, 5.74) is 0.937. The van der Waals surface area contributed by atoms with E-state index in [9.17, 15) is 18.4 Å². The Labute approximate surface area is 295 Å². The zero-order chi connectivity index (χ0) is 34.5. The van der Waals surface area contributed by atoms with Crippen LogP contribution in [0.2, 0.25) is 10.0 Å². The monoisotopic (exact) mass is 733 g/mol. The van der Waals surface area contributed by atoms with Crippen LogP contribution in [-0.4, -0.2) is 61.4 Å². The number of rotatable bonds is 12.